The zero-order valence-electron chi connectivity index (χ0n) is 8.74. The van der Waals surface area contributed by atoms with Crippen molar-refractivity contribution in [2.75, 3.05) is 0 Å². The lowest BCUT2D eigenvalue weighted by molar-refractivity contribution is 0.208. The SMILES string of the molecule is C(=NOC1=CCCCC1)C1CCCC1. The smallest absolute Gasteiger partial charge is 0.131 e. The molecule has 0 aromatic rings. The first-order valence-corrected chi connectivity index (χ1v) is 5.85. The largest absolute Gasteiger partial charge is 0.362 e. The average Bonchev–Trinajstić information content (AvgIpc) is 2.72. The van der Waals surface area contributed by atoms with Crippen LogP contribution in [0.15, 0.2) is 17.0 Å². The molecule has 0 heterocycles. The van der Waals surface area contributed by atoms with Crippen molar-refractivity contribution < 1.29 is 4.84 Å². The van der Waals surface area contributed by atoms with E-state index in [0.717, 1.165) is 18.6 Å². The summed E-state index contributed by atoms with van der Waals surface area (Å²) in [6, 6.07) is 0. The van der Waals surface area contributed by atoms with Crippen molar-refractivity contribution in [3.8, 4) is 0 Å². The monoisotopic (exact) mass is 193 g/mol. The van der Waals surface area contributed by atoms with Crippen LogP contribution < -0.4 is 0 Å². The molecule has 2 aliphatic rings. The van der Waals surface area contributed by atoms with Crippen LogP contribution in [-0.4, -0.2) is 6.21 Å². The lowest BCUT2D eigenvalue weighted by atomic mass is 10.1. The molecule has 2 rings (SSSR count). The summed E-state index contributed by atoms with van der Waals surface area (Å²) in [4.78, 5) is 5.38. The van der Waals surface area contributed by atoms with Crippen LogP contribution >= 0.6 is 0 Å². The van der Waals surface area contributed by atoms with Crippen LogP contribution in [0, 0.1) is 5.92 Å². The number of hydrogen-bond acceptors (Lipinski definition) is 2. The summed E-state index contributed by atoms with van der Waals surface area (Å²) in [7, 11) is 0. The second-order valence-electron chi connectivity index (χ2n) is 4.31. The van der Waals surface area contributed by atoms with Gasteiger partial charge in [0, 0.05) is 12.6 Å². The molecule has 0 radical (unpaired) electrons. The molecule has 0 aliphatic heterocycles. The number of allylic oxidation sites excluding steroid dienone is 2. The molecular formula is C12H19NO. The van der Waals surface area contributed by atoms with E-state index in [-0.39, 0.29) is 0 Å². The highest BCUT2D eigenvalue weighted by atomic mass is 16.6. The molecule has 1 saturated carbocycles. The predicted octanol–water partition coefficient (Wildman–Crippen LogP) is 3.64. The van der Waals surface area contributed by atoms with E-state index in [9.17, 15) is 0 Å². The highest BCUT2D eigenvalue weighted by molar-refractivity contribution is 5.60. The van der Waals surface area contributed by atoms with E-state index in [2.05, 4.69) is 11.2 Å². The van der Waals surface area contributed by atoms with Gasteiger partial charge in [0.15, 0.2) is 0 Å². The average molecular weight is 193 g/mol. The molecule has 2 aliphatic carbocycles. The Morgan fingerprint density at radius 3 is 2.79 bits per heavy atom. The Labute approximate surface area is 86.0 Å². The lowest BCUT2D eigenvalue weighted by Gasteiger charge is -2.09. The van der Waals surface area contributed by atoms with E-state index in [4.69, 9.17) is 4.84 Å². The molecule has 0 amide bonds. The maximum Gasteiger partial charge on any atom is 0.131 e. The number of oxime groups is 1. The van der Waals surface area contributed by atoms with Crippen LogP contribution in [0.2, 0.25) is 0 Å². The predicted molar refractivity (Wildman–Crippen MR) is 58.1 cm³/mol. The molecule has 0 unspecified atom stereocenters. The molecule has 0 aromatic heterocycles. The maximum absolute atomic E-state index is 5.38. The topological polar surface area (TPSA) is 21.6 Å². The molecule has 14 heavy (non-hydrogen) atoms. The van der Waals surface area contributed by atoms with Crippen LogP contribution in [0.25, 0.3) is 0 Å². The highest BCUT2D eigenvalue weighted by Crippen LogP contribution is 2.23. The van der Waals surface area contributed by atoms with Crippen LogP contribution in [-0.2, 0) is 4.84 Å². The molecule has 0 atom stereocenters. The fourth-order valence-electron chi connectivity index (χ4n) is 2.18. The number of rotatable bonds is 3. The Kier molecular flexibility index (Phi) is 3.61. The van der Waals surface area contributed by atoms with Gasteiger partial charge in [-0.1, -0.05) is 18.0 Å². The highest BCUT2D eigenvalue weighted by Gasteiger charge is 2.12. The summed E-state index contributed by atoms with van der Waals surface area (Å²) in [5.74, 6) is 1.75. The summed E-state index contributed by atoms with van der Waals surface area (Å²) >= 11 is 0. The van der Waals surface area contributed by atoms with Crippen molar-refractivity contribution >= 4 is 6.21 Å². The van der Waals surface area contributed by atoms with E-state index >= 15 is 0 Å². The van der Waals surface area contributed by atoms with Crippen molar-refractivity contribution in [3.63, 3.8) is 0 Å². The molecule has 78 valence electrons. The van der Waals surface area contributed by atoms with Gasteiger partial charge >= 0.3 is 0 Å². The van der Waals surface area contributed by atoms with Crippen LogP contribution in [0.1, 0.15) is 51.4 Å². The zero-order valence-corrected chi connectivity index (χ0v) is 8.74. The molecule has 0 saturated heterocycles. The van der Waals surface area contributed by atoms with Gasteiger partial charge in [-0.15, -0.1) is 0 Å². The van der Waals surface area contributed by atoms with Gasteiger partial charge in [-0.05, 0) is 44.1 Å². The van der Waals surface area contributed by atoms with Gasteiger partial charge in [0.25, 0.3) is 0 Å². The van der Waals surface area contributed by atoms with Gasteiger partial charge in [-0.3, -0.25) is 0 Å². The fraction of sp³-hybridized carbons (Fsp3) is 0.750. The molecule has 0 spiro atoms. The molecular weight excluding hydrogens is 174 g/mol. The van der Waals surface area contributed by atoms with Gasteiger partial charge in [0.1, 0.15) is 5.76 Å². The Morgan fingerprint density at radius 2 is 2.07 bits per heavy atom. The van der Waals surface area contributed by atoms with Gasteiger partial charge in [0.2, 0.25) is 0 Å². The first-order valence-electron chi connectivity index (χ1n) is 5.85. The molecule has 0 aromatic carbocycles. The van der Waals surface area contributed by atoms with Crippen molar-refractivity contribution in [2.24, 2.45) is 11.1 Å². The minimum Gasteiger partial charge on any atom is -0.362 e. The molecule has 0 N–H and O–H groups in total. The summed E-state index contributed by atoms with van der Waals surface area (Å²) in [6.07, 6.45) is 14.3. The van der Waals surface area contributed by atoms with Crippen LogP contribution in [0.5, 0.6) is 0 Å². The van der Waals surface area contributed by atoms with Crippen molar-refractivity contribution in [2.45, 2.75) is 51.4 Å². The van der Waals surface area contributed by atoms with Gasteiger partial charge in [0.05, 0.1) is 0 Å². The van der Waals surface area contributed by atoms with Crippen molar-refractivity contribution in [1.29, 1.82) is 0 Å². The first-order chi connectivity index (χ1) is 6.95. The summed E-state index contributed by atoms with van der Waals surface area (Å²) in [6.45, 7) is 0. The Hall–Kier alpha value is -0.790. The Bertz CT molecular complexity index is 226. The third-order valence-electron chi connectivity index (χ3n) is 3.09. The second-order valence-corrected chi connectivity index (χ2v) is 4.31. The summed E-state index contributed by atoms with van der Waals surface area (Å²) in [5, 5.41) is 4.08. The van der Waals surface area contributed by atoms with Crippen molar-refractivity contribution in [1.82, 2.24) is 0 Å². The first kappa shape index (κ1) is 9.75. The number of nitrogens with zero attached hydrogens (tertiary/aromatic N) is 1. The molecule has 1 fully saturated rings. The maximum atomic E-state index is 5.38. The molecule has 2 nitrogen and oxygen atoms in total. The summed E-state index contributed by atoms with van der Waals surface area (Å²) in [5.41, 5.74) is 0. The van der Waals surface area contributed by atoms with Gasteiger partial charge in [-0.2, -0.15) is 0 Å². The van der Waals surface area contributed by atoms with Crippen LogP contribution in [0.3, 0.4) is 0 Å². The minimum atomic E-state index is 0.680. The fourth-order valence-corrected chi connectivity index (χ4v) is 2.18. The molecule has 0 bridgehead atoms. The second kappa shape index (κ2) is 5.18. The third-order valence-corrected chi connectivity index (χ3v) is 3.09. The van der Waals surface area contributed by atoms with Gasteiger partial charge in [-0.25, -0.2) is 0 Å². The Morgan fingerprint density at radius 1 is 1.21 bits per heavy atom. The third kappa shape index (κ3) is 2.86. The standard InChI is InChI=1S/C12H19NO/c1-2-8-12(9-3-1)14-13-10-11-6-4-5-7-11/h8,10-11H,1-7,9H2. The zero-order chi connectivity index (χ0) is 9.64. The van der Waals surface area contributed by atoms with Crippen LogP contribution in [0.4, 0.5) is 0 Å². The van der Waals surface area contributed by atoms with E-state index in [1.54, 1.807) is 0 Å². The molecule has 2 heteroatoms. The Balaban J connectivity index is 1.72. The van der Waals surface area contributed by atoms with E-state index in [1.165, 1.54) is 38.5 Å². The van der Waals surface area contributed by atoms with E-state index < -0.39 is 0 Å². The van der Waals surface area contributed by atoms with E-state index in [1.807, 2.05) is 6.21 Å². The van der Waals surface area contributed by atoms with E-state index in [0.29, 0.717) is 5.92 Å². The van der Waals surface area contributed by atoms with Gasteiger partial charge < -0.3 is 4.84 Å². The minimum absolute atomic E-state index is 0.680. The van der Waals surface area contributed by atoms with Crippen molar-refractivity contribution in [3.05, 3.63) is 11.8 Å². The number of hydrogen-bond donors (Lipinski definition) is 0. The lowest BCUT2D eigenvalue weighted by Crippen LogP contribution is -1.97. The summed E-state index contributed by atoms with van der Waals surface area (Å²) < 4.78 is 0. The normalized spacial score (nSPS) is 24.1. The quantitative estimate of drug-likeness (QED) is 0.495.